The first-order valence-electron chi connectivity index (χ1n) is 5.35. The molecular weight excluding hydrogens is 265 g/mol. The van der Waals surface area contributed by atoms with Crippen LogP contribution in [0, 0.1) is 0 Å². The highest BCUT2D eigenvalue weighted by Gasteiger charge is 2.00. The summed E-state index contributed by atoms with van der Waals surface area (Å²) in [5, 5.41) is 2.82. The van der Waals surface area contributed by atoms with E-state index in [0.29, 0.717) is 13.0 Å². The van der Waals surface area contributed by atoms with Crippen molar-refractivity contribution < 1.29 is 9.53 Å². The van der Waals surface area contributed by atoms with Crippen molar-refractivity contribution >= 4 is 30.7 Å². The Kier molecular flexibility index (Phi) is 20.7. The molecule has 0 atom stereocenters. The molecule has 0 aliphatic rings. The number of likely N-dealkylation sites (N-methyl/N-ethyl adjacent to an activating group) is 1. The predicted molar refractivity (Wildman–Crippen MR) is 75.2 cm³/mol. The van der Waals surface area contributed by atoms with Crippen LogP contribution in [-0.4, -0.2) is 57.8 Å². The quantitative estimate of drug-likeness (QED) is 0.598. The van der Waals surface area contributed by atoms with E-state index in [1.165, 1.54) is 0 Å². The minimum Gasteiger partial charge on any atom is -0.383 e. The van der Waals surface area contributed by atoms with Crippen LogP contribution in [0.15, 0.2) is 0 Å². The summed E-state index contributed by atoms with van der Waals surface area (Å²) < 4.78 is 4.96. The van der Waals surface area contributed by atoms with Crippen LogP contribution in [0.4, 0.5) is 0 Å². The Balaban J connectivity index is -0.000000980. The highest BCUT2D eigenvalue weighted by Crippen LogP contribution is 1.86. The molecule has 0 saturated carbocycles. The molecule has 106 valence electrons. The molecule has 0 unspecified atom stereocenters. The van der Waals surface area contributed by atoms with Crippen LogP contribution < -0.4 is 11.1 Å². The predicted octanol–water partition coefficient (Wildman–Crippen LogP) is 0.263. The molecule has 0 saturated heterocycles. The van der Waals surface area contributed by atoms with E-state index in [9.17, 15) is 4.79 Å². The van der Waals surface area contributed by atoms with Crippen molar-refractivity contribution in [1.29, 1.82) is 0 Å². The molecule has 0 aromatic carbocycles. The maximum atomic E-state index is 11.0. The molecule has 0 fully saturated rings. The summed E-state index contributed by atoms with van der Waals surface area (Å²) >= 11 is 0. The van der Waals surface area contributed by atoms with E-state index in [1.807, 2.05) is 7.05 Å². The zero-order valence-corrected chi connectivity index (χ0v) is 12.2. The van der Waals surface area contributed by atoms with Crippen molar-refractivity contribution in [3.05, 3.63) is 0 Å². The number of hydrogen-bond acceptors (Lipinski definition) is 4. The zero-order chi connectivity index (χ0) is 11.5. The van der Waals surface area contributed by atoms with Gasteiger partial charge in [0.05, 0.1) is 6.61 Å². The molecule has 0 heterocycles. The van der Waals surface area contributed by atoms with Crippen LogP contribution in [0.2, 0.25) is 0 Å². The van der Waals surface area contributed by atoms with Gasteiger partial charge in [-0.3, -0.25) is 4.79 Å². The lowest BCUT2D eigenvalue weighted by Gasteiger charge is -2.15. The topological polar surface area (TPSA) is 67.6 Å². The first kappa shape index (κ1) is 22.1. The van der Waals surface area contributed by atoms with Crippen molar-refractivity contribution in [1.82, 2.24) is 10.2 Å². The lowest BCUT2D eigenvalue weighted by Crippen LogP contribution is -2.30. The van der Waals surface area contributed by atoms with Crippen molar-refractivity contribution in [3.63, 3.8) is 0 Å². The van der Waals surface area contributed by atoms with E-state index in [1.54, 1.807) is 7.11 Å². The third kappa shape index (κ3) is 15.9. The van der Waals surface area contributed by atoms with Gasteiger partial charge in [0.25, 0.3) is 0 Å². The molecule has 0 aromatic heterocycles. The summed E-state index contributed by atoms with van der Waals surface area (Å²) in [6.07, 6.45) is 1.37. The van der Waals surface area contributed by atoms with Gasteiger partial charge in [0.1, 0.15) is 0 Å². The number of carbonyl (C=O) groups is 1. The minimum absolute atomic E-state index is 0. The van der Waals surface area contributed by atoms with Crippen LogP contribution >= 0.6 is 24.8 Å². The van der Waals surface area contributed by atoms with E-state index in [4.69, 9.17) is 10.5 Å². The van der Waals surface area contributed by atoms with E-state index in [-0.39, 0.29) is 30.7 Å². The molecule has 0 rings (SSSR count). The smallest absolute Gasteiger partial charge is 0.221 e. The largest absolute Gasteiger partial charge is 0.383 e. The maximum absolute atomic E-state index is 11.0. The van der Waals surface area contributed by atoms with Crippen molar-refractivity contribution in [2.45, 2.75) is 12.8 Å². The van der Waals surface area contributed by atoms with E-state index >= 15 is 0 Å². The van der Waals surface area contributed by atoms with Crippen LogP contribution in [0.25, 0.3) is 0 Å². The fourth-order valence-electron chi connectivity index (χ4n) is 1.16. The van der Waals surface area contributed by atoms with Gasteiger partial charge in [0.15, 0.2) is 0 Å². The summed E-state index contributed by atoms with van der Waals surface area (Å²) in [4.78, 5) is 13.2. The van der Waals surface area contributed by atoms with Crippen LogP contribution in [0.1, 0.15) is 12.8 Å². The maximum Gasteiger partial charge on any atom is 0.221 e. The monoisotopic (exact) mass is 289 g/mol. The molecule has 0 aliphatic heterocycles. The Hall–Kier alpha value is -0.0700. The number of methoxy groups -OCH3 is 1. The van der Waals surface area contributed by atoms with Crippen LogP contribution in [0.5, 0.6) is 0 Å². The standard InChI is InChI=1S/C10H23N3O2.2ClH/c1-13(8-9-15-2)7-3-6-12-10(14)4-5-11;;/h3-9,11H2,1-2H3,(H,12,14);2*1H. The van der Waals surface area contributed by atoms with Crippen molar-refractivity contribution in [2.24, 2.45) is 5.73 Å². The second-order valence-corrected chi connectivity index (χ2v) is 3.54. The number of hydrogen-bond donors (Lipinski definition) is 2. The molecule has 0 aromatic rings. The average molecular weight is 290 g/mol. The lowest BCUT2D eigenvalue weighted by atomic mass is 10.3. The Morgan fingerprint density at radius 3 is 2.53 bits per heavy atom. The van der Waals surface area contributed by atoms with Crippen LogP contribution in [-0.2, 0) is 9.53 Å². The van der Waals surface area contributed by atoms with Crippen molar-refractivity contribution in [2.75, 3.05) is 46.9 Å². The summed E-state index contributed by atoms with van der Waals surface area (Å²) in [6, 6.07) is 0. The fourth-order valence-corrected chi connectivity index (χ4v) is 1.16. The van der Waals surface area contributed by atoms with Gasteiger partial charge in [-0.15, -0.1) is 24.8 Å². The molecule has 0 spiro atoms. The Morgan fingerprint density at radius 2 is 2.00 bits per heavy atom. The van der Waals surface area contributed by atoms with E-state index < -0.39 is 0 Å². The number of rotatable bonds is 9. The molecule has 0 aliphatic carbocycles. The first-order chi connectivity index (χ1) is 7.20. The molecule has 7 heteroatoms. The van der Waals surface area contributed by atoms with Gasteiger partial charge in [-0.2, -0.15) is 0 Å². The number of nitrogens with two attached hydrogens (primary N) is 1. The fraction of sp³-hybridized carbons (Fsp3) is 0.900. The van der Waals surface area contributed by atoms with Crippen LogP contribution in [0.3, 0.4) is 0 Å². The van der Waals surface area contributed by atoms with Gasteiger partial charge in [-0.1, -0.05) is 0 Å². The highest BCUT2D eigenvalue weighted by molar-refractivity contribution is 5.85. The molecule has 5 nitrogen and oxygen atoms in total. The summed E-state index contributed by atoms with van der Waals surface area (Å²) in [6.45, 7) is 3.77. The summed E-state index contributed by atoms with van der Waals surface area (Å²) in [5.41, 5.74) is 5.25. The zero-order valence-electron chi connectivity index (χ0n) is 10.6. The molecule has 1 amide bonds. The Labute approximate surface area is 116 Å². The third-order valence-electron chi connectivity index (χ3n) is 2.09. The number of halogens is 2. The first-order valence-corrected chi connectivity index (χ1v) is 5.35. The summed E-state index contributed by atoms with van der Waals surface area (Å²) in [7, 11) is 3.74. The number of nitrogens with one attached hydrogen (secondary N) is 1. The number of nitrogens with zero attached hydrogens (tertiary/aromatic N) is 1. The normalized spacial score (nSPS) is 9.41. The second-order valence-electron chi connectivity index (χ2n) is 3.54. The molecule has 17 heavy (non-hydrogen) atoms. The number of carbonyl (C=O) groups excluding carboxylic acids is 1. The molecule has 0 radical (unpaired) electrons. The molecule has 3 N–H and O–H groups in total. The highest BCUT2D eigenvalue weighted by atomic mass is 35.5. The van der Waals surface area contributed by atoms with Gasteiger partial charge in [-0.05, 0) is 20.0 Å². The minimum atomic E-state index is 0. The SMILES string of the molecule is COCCN(C)CCCNC(=O)CCN.Cl.Cl. The van der Waals surface area contributed by atoms with Gasteiger partial charge in [0, 0.05) is 33.2 Å². The number of amides is 1. The van der Waals surface area contributed by atoms with Gasteiger partial charge in [0.2, 0.25) is 5.91 Å². The van der Waals surface area contributed by atoms with E-state index in [0.717, 1.165) is 32.7 Å². The van der Waals surface area contributed by atoms with Crippen molar-refractivity contribution in [3.8, 4) is 0 Å². The molecular formula is C10H25Cl2N3O2. The van der Waals surface area contributed by atoms with Gasteiger partial charge in [-0.25, -0.2) is 0 Å². The van der Waals surface area contributed by atoms with Gasteiger partial charge < -0.3 is 20.7 Å². The van der Waals surface area contributed by atoms with Gasteiger partial charge >= 0.3 is 0 Å². The average Bonchev–Trinajstić information content (AvgIpc) is 2.22. The number of ether oxygens (including phenoxy) is 1. The summed E-state index contributed by atoms with van der Waals surface area (Å²) in [5.74, 6) is 0.0389. The Morgan fingerprint density at radius 1 is 1.35 bits per heavy atom. The second kappa shape index (κ2) is 15.9. The third-order valence-corrected chi connectivity index (χ3v) is 2.09. The van der Waals surface area contributed by atoms with E-state index in [2.05, 4.69) is 10.2 Å². The Bertz CT molecular complexity index is 174. The lowest BCUT2D eigenvalue weighted by molar-refractivity contribution is -0.120. The molecule has 0 bridgehead atoms.